The molecule has 0 amide bonds. The summed E-state index contributed by atoms with van der Waals surface area (Å²) in [4.78, 5) is 11.1. The summed E-state index contributed by atoms with van der Waals surface area (Å²) in [5.41, 5.74) is 0. The Labute approximate surface area is 113 Å². The largest absolute Gasteiger partial charge is 0.384 e. The quantitative estimate of drug-likeness (QED) is 0.788. The van der Waals surface area contributed by atoms with Crippen molar-refractivity contribution in [2.45, 2.75) is 26.2 Å². The first-order chi connectivity index (χ1) is 8.60. The molecule has 0 spiro atoms. The fourth-order valence-corrected chi connectivity index (χ4v) is 2.44. The fraction of sp³-hybridized carbons (Fsp3) is 0.692. The standard InChI is InChI=1S/C13H20ClN3O/c1-9(2)13-15-11(14)6-12(16-13)17-5-4-10(7-17)8-18-3/h6,9-10H,4-5,7-8H2,1-3H3. The van der Waals surface area contributed by atoms with E-state index in [1.165, 1.54) is 0 Å². The van der Waals surface area contributed by atoms with Gasteiger partial charge in [-0.05, 0) is 6.42 Å². The van der Waals surface area contributed by atoms with Crippen LogP contribution in [-0.2, 0) is 4.74 Å². The highest BCUT2D eigenvalue weighted by Crippen LogP contribution is 2.25. The number of hydrogen-bond donors (Lipinski definition) is 0. The van der Waals surface area contributed by atoms with Crippen LogP contribution in [0.2, 0.25) is 5.15 Å². The third kappa shape index (κ3) is 3.12. The molecule has 2 heterocycles. The van der Waals surface area contributed by atoms with Gasteiger partial charge in [0.05, 0.1) is 6.61 Å². The van der Waals surface area contributed by atoms with E-state index in [0.29, 0.717) is 17.0 Å². The average molecular weight is 270 g/mol. The van der Waals surface area contributed by atoms with E-state index < -0.39 is 0 Å². The Morgan fingerprint density at radius 1 is 1.50 bits per heavy atom. The zero-order chi connectivity index (χ0) is 13.1. The Hall–Kier alpha value is -0.870. The van der Waals surface area contributed by atoms with Gasteiger partial charge in [-0.25, -0.2) is 9.97 Å². The van der Waals surface area contributed by atoms with Crippen molar-refractivity contribution in [1.29, 1.82) is 0 Å². The van der Waals surface area contributed by atoms with Crippen LogP contribution in [0.3, 0.4) is 0 Å². The number of anilines is 1. The minimum atomic E-state index is 0.292. The van der Waals surface area contributed by atoms with Crippen molar-refractivity contribution < 1.29 is 4.74 Å². The molecule has 1 aromatic heterocycles. The summed E-state index contributed by atoms with van der Waals surface area (Å²) in [5.74, 6) is 2.64. The summed E-state index contributed by atoms with van der Waals surface area (Å²) in [7, 11) is 1.75. The predicted octanol–water partition coefficient (Wildman–Crippen LogP) is 2.73. The highest BCUT2D eigenvalue weighted by Gasteiger charge is 2.24. The molecule has 0 bridgehead atoms. The zero-order valence-electron chi connectivity index (χ0n) is 11.2. The summed E-state index contributed by atoms with van der Waals surface area (Å²) in [6.07, 6.45) is 1.15. The van der Waals surface area contributed by atoms with E-state index in [-0.39, 0.29) is 0 Å². The maximum atomic E-state index is 6.07. The van der Waals surface area contributed by atoms with Crippen molar-refractivity contribution in [1.82, 2.24) is 9.97 Å². The van der Waals surface area contributed by atoms with Gasteiger partial charge in [0, 0.05) is 38.1 Å². The monoisotopic (exact) mass is 269 g/mol. The van der Waals surface area contributed by atoms with Gasteiger partial charge in [-0.15, -0.1) is 0 Å². The van der Waals surface area contributed by atoms with Gasteiger partial charge in [0.15, 0.2) is 0 Å². The van der Waals surface area contributed by atoms with Crippen LogP contribution >= 0.6 is 11.6 Å². The van der Waals surface area contributed by atoms with Gasteiger partial charge in [0.25, 0.3) is 0 Å². The Bertz CT molecular complexity index is 411. The van der Waals surface area contributed by atoms with Crippen LogP contribution in [-0.4, -0.2) is 36.8 Å². The molecule has 1 unspecified atom stereocenters. The van der Waals surface area contributed by atoms with Crippen molar-refractivity contribution in [2.24, 2.45) is 5.92 Å². The zero-order valence-corrected chi connectivity index (χ0v) is 11.9. The second kappa shape index (κ2) is 5.85. The van der Waals surface area contributed by atoms with E-state index in [1.54, 1.807) is 7.11 Å². The first-order valence-electron chi connectivity index (χ1n) is 6.38. The number of rotatable bonds is 4. The molecular formula is C13H20ClN3O. The summed E-state index contributed by atoms with van der Waals surface area (Å²) in [5, 5.41) is 0.527. The van der Waals surface area contributed by atoms with Crippen molar-refractivity contribution in [3.8, 4) is 0 Å². The van der Waals surface area contributed by atoms with Crippen LogP contribution in [0.1, 0.15) is 32.0 Å². The lowest BCUT2D eigenvalue weighted by atomic mass is 10.1. The van der Waals surface area contributed by atoms with E-state index >= 15 is 0 Å². The van der Waals surface area contributed by atoms with Gasteiger partial charge < -0.3 is 9.64 Å². The third-order valence-corrected chi connectivity index (χ3v) is 3.42. The van der Waals surface area contributed by atoms with Gasteiger partial charge in [0.2, 0.25) is 0 Å². The number of methoxy groups -OCH3 is 1. The van der Waals surface area contributed by atoms with Crippen LogP contribution in [0.4, 0.5) is 5.82 Å². The Morgan fingerprint density at radius 3 is 2.94 bits per heavy atom. The van der Waals surface area contributed by atoms with Gasteiger partial charge in [-0.3, -0.25) is 0 Å². The second-order valence-electron chi connectivity index (χ2n) is 5.12. The predicted molar refractivity (Wildman–Crippen MR) is 73.3 cm³/mol. The van der Waals surface area contributed by atoms with Crippen molar-refractivity contribution in [2.75, 3.05) is 31.7 Å². The number of halogens is 1. The molecular weight excluding hydrogens is 250 g/mol. The summed E-state index contributed by atoms with van der Waals surface area (Å²) < 4.78 is 5.21. The molecule has 2 rings (SSSR count). The van der Waals surface area contributed by atoms with E-state index in [9.17, 15) is 0 Å². The number of ether oxygens (including phenoxy) is 1. The molecule has 0 aromatic carbocycles. The van der Waals surface area contributed by atoms with Crippen LogP contribution in [0.25, 0.3) is 0 Å². The molecule has 100 valence electrons. The first-order valence-corrected chi connectivity index (χ1v) is 6.76. The van der Waals surface area contributed by atoms with Crippen LogP contribution in [0, 0.1) is 5.92 Å². The summed E-state index contributed by atoms with van der Waals surface area (Å²) >= 11 is 6.07. The highest BCUT2D eigenvalue weighted by atomic mass is 35.5. The molecule has 0 saturated carbocycles. The molecule has 0 N–H and O–H groups in total. The van der Waals surface area contributed by atoms with Gasteiger partial charge in [-0.2, -0.15) is 0 Å². The van der Waals surface area contributed by atoms with E-state index in [4.69, 9.17) is 16.3 Å². The van der Waals surface area contributed by atoms with Gasteiger partial charge >= 0.3 is 0 Å². The molecule has 1 aliphatic rings. The number of aromatic nitrogens is 2. The third-order valence-electron chi connectivity index (χ3n) is 3.23. The number of hydrogen-bond acceptors (Lipinski definition) is 4. The summed E-state index contributed by atoms with van der Waals surface area (Å²) in [6, 6.07) is 1.85. The maximum Gasteiger partial charge on any atom is 0.135 e. The van der Waals surface area contributed by atoms with Crippen molar-refractivity contribution in [3.05, 3.63) is 17.0 Å². The molecule has 1 aliphatic heterocycles. The number of nitrogens with zero attached hydrogens (tertiary/aromatic N) is 3. The molecule has 0 radical (unpaired) electrons. The van der Waals surface area contributed by atoms with Crippen LogP contribution < -0.4 is 4.90 Å². The topological polar surface area (TPSA) is 38.2 Å². The van der Waals surface area contributed by atoms with Crippen molar-refractivity contribution in [3.63, 3.8) is 0 Å². The SMILES string of the molecule is COCC1CCN(c2cc(Cl)nc(C(C)C)n2)C1. The molecule has 18 heavy (non-hydrogen) atoms. The molecule has 5 heteroatoms. The normalized spacial score (nSPS) is 19.8. The smallest absolute Gasteiger partial charge is 0.135 e. The lowest BCUT2D eigenvalue weighted by Gasteiger charge is -2.19. The van der Waals surface area contributed by atoms with E-state index in [1.807, 2.05) is 6.07 Å². The van der Waals surface area contributed by atoms with Gasteiger partial charge in [-0.1, -0.05) is 25.4 Å². The Balaban J connectivity index is 2.14. The minimum absolute atomic E-state index is 0.292. The maximum absolute atomic E-state index is 6.07. The Morgan fingerprint density at radius 2 is 2.28 bits per heavy atom. The summed E-state index contributed by atoms with van der Waals surface area (Å²) in [6.45, 7) is 6.96. The van der Waals surface area contributed by atoms with Crippen LogP contribution in [0.15, 0.2) is 6.07 Å². The average Bonchev–Trinajstić information content (AvgIpc) is 2.77. The van der Waals surface area contributed by atoms with Crippen molar-refractivity contribution >= 4 is 17.4 Å². The second-order valence-corrected chi connectivity index (χ2v) is 5.51. The Kier molecular flexibility index (Phi) is 4.40. The lowest BCUT2D eigenvalue weighted by molar-refractivity contribution is 0.161. The fourth-order valence-electron chi connectivity index (χ4n) is 2.26. The van der Waals surface area contributed by atoms with Gasteiger partial charge in [0.1, 0.15) is 16.8 Å². The molecule has 1 fully saturated rings. The first kappa shape index (κ1) is 13.6. The molecule has 1 aromatic rings. The minimum Gasteiger partial charge on any atom is -0.384 e. The molecule has 0 aliphatic carbocycles. The van der Waals surface area contributed by atoms with E-state index in [2.05, 4.69) is 28.7 Å². The molecule has 4 nitrogen and oxygen atoms in total. The molecule has 1 atom stereocenters. The van der Waals surface area contributed by atoms with Crippen LogP contribution in [0.5, 0.6) is 0 Å². The van der Waals surface area contributed by atoms with E-state index in [0.717, 1.165) is 37.8 Å². The highest BCUT2D eigenvalue weighted by molar-refractivity contribution is 6.29. The lowest BCUT2D eigenvalue weighted by Crippen LogP contribution is -2.22. The molecule has 1 saturated heterocycles.